The molecule has 0 spiro atoms. The molecular weight excluding hydrogens is 433 g/mol. The number of carbonyl (C=O) groups excluding carboxylic acids is 1. The zero-order valence-electron chi connectivity index (χ0n) is 17.2. The van der Waals surface area contributed by atoms with Gasteiger partial charge in [-0.15, -0.1) is 0 Å². The Labute approximate surface area is 180 Å². The van der Waals surface area contributed by atoms with Crippen LogP contribution in [0.1, 0.15) is 36.3 Å². The number of aromatic nitrogens is 1. The van der Waals surface area contributed by atoms with Gasteiger partial charge in [0.1, 0.15) is 29.4 Å². The van der Waals surface area contributed by atoms with Crippen molar-refractivity contribution in [2.24, 2.45) is 5.73 Å². The lowest BCUT2D eigenvalue weighted by Gasteiger charge is -2.27. The zero-order chi connectivity index (χ0) is 23.8. The fourth-order valence-corrected chi connectivity index (χ4v) is 3.58. The molecule has 3 N–H and O–H groups in total. The summed E-state index contributed by atoms with van der Waals surface area (Å²) < 4.78 is 66.9. The van der Waals surface area contributed by atoms with E-state index < -0.39 is 35.3 Å². The van der Waals surface area contributed by atoms with E-state index in [1.807, 2.05) is 11.4 Å². The van der Waals surface area contributed by atoms with Crippen molar-refractivity contribution in [2.45, 2.75) is 38.0 Å². The molecule has 1 fully saturated rings. The smallest absolute Gasteiger partial charge is 0.368 e. The van der Waals surface area contributed by atoms with E-state index in [9.17, 15) is 32.0 Å². The maximum Gasteiger partial charge on any atom is 0.408 e. The third-order valence-electron chi connectivity index (χ3n) is 5.21. The quantitative estimate of drug-likeness (QED) is 0.691. The molecule has 0 bridgehead atoms. The largest absolute Gasteiger partial charge is 0.408 e. The van der Waals surface area contributed by atoms with E-state index >= 15 is 0 Å². The van der Waals surface area contributed by atoms with Crippen LogP contribution in [0.15, 0.2) is 24.4 Å². The normalized spacial score (nSPS) is 19.5. The molecule has 1 aromatic carbocycles. The van der Waals surface area contributed by atoms with Gasteiger partial charge in [0.05, 0.1) is 11.3 Å². The lowest BCUT2D eigenvalue weighted by molar-refractivity contribution is -0.149. The Balaban J connectivity index is 2.24. The summed E-state index contributed by atoms with van der Waals surface area (Å²) in [4.78, 5) is 18.3. The van der Waals surface area contributed by atoms with Crippen LogP contribution in [-0.4, -0.2) is 41.7 Å². The van der Waals surface area contributed by atoms with Crippen LogP contribution in [0.5, 0.6) is 0 Å². The number of halogens is 5. The summed E-state index contributed by atoms with van der Waals surface area (Å²) in [6.07, 6.45) is -3.22. The van der Waals surface area contributed by atoms with Gasteiger partial charge in [-0.25, -0.2) is 13.8 Å². The molecule has 1 saturated heterocycles. The van der Waals surface area contributed by atoms with Crippen molar-refractivity contribution in [3.05, 3.63) is 47.3 Å². The Hall–Kier alpha value is -3.26. The Morgan fingerprint density at radius 2 is 1.94 bits per heavy atom. The molecule has 1 unspecified atom stereocenters. The highest BCUT2D eigenvalue weighted by Crippen LogP contribution is 2.39. The summed E-state index contributed by atoms with van der Waals surface area (Å²) in [5, 5.41) is 11.4. The molecule has 11 heteroatoms. The highest BCUT2D eigenvalue weighted by molar-refractivity contribution is 6.04. The molecule has 2 aromatic rings. The van der Waals surface area contributed by atoms with Gasteiger partial charge >= 0.3 is 6.18 Å². The van der Waals surface area contributed by atoms with Crippen LogP contribution < -0.4 is 16.0 Å². The lowest BCUT2D eigenvalue weighted by Crippen LogP contribution is -2.44. The molecule has 2 atom stereocenters. The summed E-state index contributed by atoms with van der Waals surface area (Å²) in [7, 11) is 0. The second kappa shape index (κ2) is 8.35. The van der Waals surface area contributed by atoms with E-state index in [0.29, 0.717) is 19.0 Å². The van der Waals surface area contributed by atoms with Gasteiger partial charge in [0.25, 0.3) is 5.91 Å². The van der Waals surface area contributed by atoms with Gasteiger partial charge in [0.2, 0.25) is 0 Å². The third kappa shape index (κ3) is 4.80. The summed E-state index contributed by atoms with van der Waals surface area (Å²) in [6, 6.07) is 2.22. The van der Waals surface area contributed by atoms with E-state index in [1.54, 1.807) is 11.8 Å². The fraction of sp³-hybridized carbons (Fsp3) is 0.381. The molecular formula is C21H20F5N5O. The number of amides is 1. The van der Waals surface area contributed by atoms with E-state index in [-0.39, 0.29) is 34.6 Å². The van der Waals surface area contributed by atoms with Gasteiger partial charge in [0, 0.05) is 36.5 Å². The molecule has 1 aliphatic rings. The van der Waals surface area contributed by atoms with Crippen LogP contribution in [0.2, 0.25) is 0 Å². The first-order valence-corrected chi connectivity index (χ1v) is 9.63. The zero-order valence-corrected chi connectivity index (χ0v) is 17.2. The number of rotatable bonds is 4. The highest BCUT2D eigenvalue weighted by atomic mass is 19.4. The molecule has 0 radical (unpaired) electrons. The van der Waals surface area contributed by atoms with Gasteiger partial charge in [-0.2, -0.15) is 18.4 Å². The van der Waals surface area contributed by atoms with E-state index in [1.165, 1.54) is 0 Å². The number of nitrogens with two attached hydrogens (primary N) is 1. The van der Waals surface area contributed by atoms with Crippen molar-refractivity contribution in [1.29, 1.82) is 5.26 Å². The number of nitriles is 1. The fourth-order valence-electron chi connectivity index (χ4n) is 3.58. The SMILES string of the molecule is CC(NC(=O)c1cnc(C#N)c(-c2cc(F)cc(F)c2)c1N1CC[C@](C)(N)C1)C(F)(F)F. The van der Waals surface area contributed by atoms with Gasteiger partial charge in [0.15, 0.2) is 0 Å². The molecule has 2 heterocycles. The molecule has 3 rings (SSSR count). The number of nitrogens with zero attached hydrogens (tertiary/aromatic N) is 3. The third-order valence-corrected chi connectivity index (χ3v) is 5.21. The van der Waals surface area contributed by atoms with Crippen LogP contribution in [0.4, 0.5) is 27.6 Å². The Bertz CT molecular complexity index is 1070. The predicted molar refractivity (Wildman–Crippen MR) is 107 cm³/mol. The first-order valence-electron chi connectivity index (χ1n) is 9.63. The summed E-state index contributed by atoms with van der Waals surface area (Å²) in [5.74, 6) is -2.95. The van der Waals surface area contributed by atoms with E-state index in [0.717, 1.165) is 25.3 Å². The van der Waals surface area contributed by atoms with Crippen LogP contribution in [0.3, 0.4) is 0 Å². The number of alkyl halides is 3. The predicted octanol–water partition coefficient (Wildman–Crippen LogP) is 3.51. The summed E-state index contributed by atoms with van der Waals surface area (Å²) in [5.41, 5.74) is 4.90. The topological polar surface area (TPSA) is 95.0 Å². The molecule has 32 heavy (non-hydrogen) atoms. The standard InChI is InChI=1S/C21H20F5N5O/c1-11(21(24,25)26)30-19(32)15-9-29-16(8-27)17(12-5-13(22)7-14(23)6-12)18(15)31-4-3-20(2,28)10-31/h5-7,9,11H,3-4,10,28H2,1-2H3,(H,30,32)/t11?,20-/m0/s1. The van der Waals surface area contributed by atoms with Gasteiger partial charge in [-0.3, -0.25) is 4.79 Å². The number of benzene rings is 1. The van der Waals surface area contributed by atoms with Crippen LogP contribution in [0, 0.1) is 23.0 Å². The Morgan fingerprint density at radius 3 is 2.44 bits per heavy atom. The minimum atomic E-state index is -4.69. The van der Waals surface area contributed by atoms with Crippen LogP contribution in [0.25, 0.3) is 11.1 Å². The van der Waals surface area contributed by atoms with Crippen molar-refractivity contribution in [3.63, 3.8) is 0 Å². The Kier molecular flexibility index (Phi) is 6.11. The van der Waals surface area contributed by atoms with Crippen molar-refractivity contribution >= 4 is 11.6 Å². The number of nitrogens with one attached hydrogen (secondary N) is 1. The number of hydrogen-bond donors (Lipinski definition) is 2. The molecule has 0 saturated carbocycles. The van der Waals surface area contributed by atoms with Gasteiger partial charge in [-0.1, -0.05) is 0 Å². The number of anilines is 1. The highest BCUT2D eigenvalue weighted by Gasteiger charge is 2.39. The molecule has 1 amide bonds. The van der Waals surface area contributed by atoms with Crippen LogP contribution in [-0.2, 0) is 0 Å². The number of hydrogen-bond acceptors (Lipinski definition) is 5. The molecule has 1 aromatic heterocycles. The van der Waals surface area contributed by atoms with Crippen LogP contribution >= 0.6 is 0 Å². The van der Waals surface area contributed by atoms with Crippen molar-refractivity contribution in [3.8, 4) is 17.2 Å². The maximum absolute atomic E-state index is 14.0. The average molecular weight is 453 g/mol. The van der Waals surface area contributed by atoms with Gasteiger partial charge < -0.3 is 16.0 Å². The molecule has 170 valence electrons. The first kappa shape index (κ1) is 23.4. The summed E-state index contributed by atoms with van der Waals surface area (Å²) >= 11 is 0. The van der Waals surface area contributed by atoms with E-state index in [2.05, 4.69) is 4.98 Å². The Morgan fingerprint density at radius 1 is 1.31 bits per heavy atom. The average Bonchev–Trinajstić information content (AvgIpc) is 3.04. The minimum Gasteiger partial charge on any atom is -0.368 e. The number of pyridine rings is 1. The molecule has 6 nitrogen and oxygen atoms in total. The minimum absolute atomic E-state index is 0.0441. The lowest BCUT2D eigenvalue weighted by atomic mass is 9.97. The van der Waals surface area contributed by atoms with Crippen molar-refractivity contribution in [1.82, 2.24) is 10.3 Å². The second-order valence-corrected chi connectivity index (χ2v) is 8.08. The van der Waals surface area contributed by atoms with Crippen molar-refractivity contribution < 1.29 is 26.7 Å². The first-order chi connectivity index (χ1) is 14.8. The van der Waals surface area contributed by atoms with Crippen molar-refractivity contribution in [2.75, 3.05) is 18.0 Å². The second-order valence-electron chi connectivity index (χ2n) is 8.08. The molecule has 0 aliphatic carbocycles. The maximum atomic E-state index is 14.0. The molecule has 1 aliphatic heterocycles. The van der Waals surface area contributed by atoms with E-state index in [4.69, 9.17) is 5.73 Å². The summed E-state index contributed by atoms with van der Waals surface area (Å²) in [6.45, 7) is 3.04. The van der Waals surface area contributed by atoms with Gasteiger partial charge in [-0.05, 0) is 38.0 Å². The number of carbonyl (C=O) groups is 1. The monoisotopic (exact) mass is 453 g/mol.